The second kappa shape index (κ2) is 5.96. The summed E-state index contributed by atoms with van der Waals surface area (Å²) in [6, 6.07) is 0. The van der Waals surface area contributed by atoms with Gasteiger partial charge in [0.1, 0.15) is 0 Å². The smallest absolute Gasteiger partial charge is 0.0962 e. The summed E-state index contributed by atoms with van der Waals surface area (Å²) < 4.78 is 0. The highest BCUT2D eigenvalue weighted by molar-refractivity contribution is 7.11. The van der Waals surface area contributed by atoms with Crippen LogP contribution >= 0.6 is 11.3 Å². The maximum absolute atomic E-state index is 4.88. The maximum atomic E-state index is 4.88. The Morgan fingerprint density at radius 3 is 2.76 bits per heavy atom. The number of hydrogen-bond acceptors (Lipinski definition) is 3. The van der Waals surface area contributed by atoms with Crippen LogP contribution in [-0.4, -0.2) is 11.5 Å². The fourth-order valence-corrected chi connectivity index (χ4v) is 3.93. The van der Waals surface area contributed by atoms with Crippen LogP contribution in [0.3, 0.4) is 0 Å². The van der Waals surface area contributed by atoms with Gasteiger partial charge in [0.15, 0.2) is 0 Å². The predicted octanol–water partition coefficient (Wildman–Crippen LogP) is 3.72. The molecule has 2 unspecified atom stereocenters. The van der Waals surface area contributed by atoms with Gasteiger partial charge in [0.2, 0.25) is 0 Å². The van der Waals surface area contributed by atoms with E-state index in [2.05, 4.69) is 26.1 Å². The number of nitrogens with one attached hydrogen (secondary N) is 1. The molecule has 1 fully saturated rings. The van der Waals surface area contributed by atoms with Crippen molar-refractivity contribution in [2.24, 2.45) is 5.92 Å². The third-order valence-electron chi connectivity index (χ3n) is 3.71. The summed E-state index contributed by atoms with van der Waals surface area (Å²) in [6.07, 6.45) is 5.14. The van der Waals surface area contributed by atoms with E-state index in [9.17, 15) is 0 Å². The third kappa shape index (κ3) is 3.08. The Bertz CT molecular complexity index is 359. The zero-order valence-corrected chi connectivity index (χ0v) is 12.1. The summed E-state index contributed by atoms with van der Waals surface area (Å²) >= 11 is 1.95. The summed E-state index contributed by atoms with van der Waals surface area (Å²) in [7, 11) is 0. The topological polar surface area (TPSA) is 24.9 Å². The molecule has 0 aromatic carbocycles. The fraction of sp³-hybridized carbons (Fsp3) is 0.786. The number of hydrogen-bond donors (Lipinski definition) is 1. The van der Waals surface area contributed by atoms with Gasteiger partial charge in [0.05, 0.1) is 10.7 Å². The highest BCUT2D eigenvalue weighted by atomic mass is 32.1. The van der Waals surface area contributed by atoms with Crippen LogP contribution in [0.1, 0.15) is 61.5 Å². The average Bonchev–Trinajstić information content (AvgIpc) is 2.92. The molecule has 1 aromatic heterocycles. The number of nitrogens with zero attached hydrogens (tertiary/aromatic N) is 1. The monoisotopic (exact) mass is 252 g/mol. The molecule has 3 heteroatoms. The van der Waals surface area contributed by atoms with E-state index >= 15 is 0 Å². The summed E-state index contributed by atoms with van der Waals surface area (Å²) in [5.74, 6) is 1.64. The van der Waals surface area contributed by atoms with Crippen LogP contribution in [0.25, 0.3) is 0 Å². The Morgan fingerprint density at radius 2 is 2.18 bits per heavy atom. The van der Waals surface area contributed by atoms with Gasteiger partial charge in [-0.2, -0.15) is 0 Å². The molecule has 17 heavy (non-hydrogen) atoms. The van der Waals surface area contributed by atoms with Gasteiger partial charge >= 0.3 is 0 Å². The van der Waals surface area contributed by atoms with Crippen molar-refractivity contribution in [1.82, 2.24) is 10.3 Å². The van der Waals surface area contributed by atoms with Crippen LogP contribution in [0.4, 0.5) is 0 Å². The Balaban J connectivity index is 2.10. The Hall–Kier alpha value is -0.410. The van der Waals surface area contributed by atoms with E-state index in [1.165, 1.54) is 34.8 Å². The fourth-order valence-electron chi connectivity index (χ4n) is 2.66. The van der Waals surface area contributed by atoms with Crippen LogP contribution in [0.2, 0.25) is 0 Å². The maximum Gasteiger partial charge on any atom is 0.0962 e. The van der Waals surface area contributed by atoms with Gasteiger partial charge in [-0.05, 0) is 31.7 Å². The van der Waals surface area contributed by atoms with E-state index < -0.39 is 0 Å². The number of thiazole rings is 1. The lowest BCUT2D eigenvalue weighted by Gasteiger charge is -2.04. The summed E-state index contributed by atoms with van der Waals surface area (Å²) in [4.78, 5) is 6.34. The lowest BCUT2D eigenvalue weighted by molar-refractivity contribution is 0.595. The van der Waals surface area contributed by atoms with Crippen molar-refractivity contribution in [1.29, 1.82) is 0 Å². The quantitative estimate of drug-likeness (QED) is 0.864. The summed E-state index contributed by atoms with van der Waals surface area (Å²) in [6.45, 7) is 8.78. The molecular weight excluding hydrogens is 228 g/mol. The second-order valence-electron chi connectivity index (χ2n) is 5.17. The molecule has 1 aromatic rings. The summed E-state index contributed by atoms with van der Waals surface area (Å²) in [5.41, 5.74) is 1.32. The molecule has 1 heterocycles. The highest BCUT2D eigenvalue weighted by Crippen LogP contribution is 2.40. The lowest BCUT2D eigenvalue weighted by atomic mass is 10.1. The predicted molar refractivity (Wildman–Crippen MR) is 74.6 cm³/mol. The van der Waals surface area contributed by atoms with Crippen molar-refractivity contribution < 1.29 is 0 Å². The largest absolute Gasteiger partial charge is 0.312 e. The minimum atomic E-state index is 0.746. The van der Waals surface area contributed by atoms with E-state index in [0.29, 0.717) is 0 Å². The highest BCUT2D eigenvalue weighted by Gasteiger charge is 2.26. The number of aryl methyl sites for hydroxylation is 1. The Kier molecular flexibility index (Phi) is 4.57. The zero-order chi connectivity index (χ0) is 12.3. The van der Waals surface area contributed by atoms with Crippen LogP contribution in [-0.2, 0) is 13.0 Å². The average molecular weight is 252 g/mol. The second-order valence-corrected chi connectivity index (χ2v) is 6.29. The molecule has 0 bridgehead atoms. The van der Waals surface area contributed by atoms with Crippen molar-refractivity contribution in [2.75, 3.05) is 6.54 Å². The Labute approximate surface area is 109 Å². The molecule has 0 saturated heterocycles. The first-order valence-electron chi connectivity index (χ1n) is 6.93. The van der Waals surface area contributed by atoms with Crippen molar-refractivity contribution in [3.8, 4) is 0 Å². The van der Waals surface area contributed by atoms with Crippen molar-refractivity contribution in [3.63, 3.8) is 0 Å². The molecular formula is C14H24N2S. The van der Waals surface area contributed by atoms with Crippen LogP contribution < -0.4 is 5.32 Å². The van der Waals surface area contributed by atoms with E-state index in [-0.39, 0.29) is 0 Å². The molecule has 1 saturated carbocycles. The van der Waals surface area contributed by atoms with E-state index in [4.69, 9.17) is 4.98 Å². The van der Waals surface area contributed by atoms with Crippen LogP contribution in [0.5, 0.6) is 0 Å². The number of rotatable bonds is 5. The molecule has 0 radical (unpaired) electrons. The molecule has 1 aliphatic carbocycles. The minimum Gasteiger partial charge on any atom is -0.312 e. The molecule has 0 spiro atoms. The first kappa shape index (κ1) is 13.0. The van der Waals surface area contributed by atoms with E-state index in [1.807, 2.05) is 11.3 Å². The van der Waals surface area contributed by atoms with Gasteiger partial charge in [-0.15, -0.1) is 11.3 Å². The van der Waals surface area contributed by atoms with Gasteiger partial charge in [0, 0.05) is 17.3 Å². The molecule has 1 aliphatic rings. The van der Waals surface area contributed by atoms with E-state index in [1.54, 1.807) is 0 Å². The van der Waals surface area contributed by atoms with Gasteiger partial charge < -0.3 is 5.32 Å². The Morgan fingerprint density at radius 1 is 1.35 bits per heavy atom. The van der Waals surface area contributed by atoms with Gasteiger partial charge in [-0.25, -0.2) is 4.98 Å². The molecule has 2 nitrogen and oxygen atoms in total. The molecule has 0 amide bonds. The first-order valence-corrected chi connectivity index (χ1v) is 7.75. The number of aromatic nitrogens is 1. The normalized spacial score (nSPS) is 24.4. The van der Waals surface area contributed by atoms with Gasteiger partial charge in [-0.3, -0.25) is 0 Å². The molecule has 2 atom stereocenters. The third-order valence-corrected chi connectivity index (χ3v) is 4.97. The molecule has 96 valence electrons. The standard InChI is InChI=1S/C14H24N2S/c1-4-12-13(9-15-5-2)17-14(16-12)11-7-6-10(3)8-11/h10-11,15H,4-9H2,1-3H3. The minimum absolute atomic E-state index is 0.746. The zero-order valence-electron chi connectivity index (χ0n) is 11.3. The van der Waals surface area contributed by atoms with Gasteiger partial charge in [-0.1, -0.05) is 27.2 Å². The van der Waals surface area contributed by atoms with E-state index in [0.717, 1.165) is 31.3 Å². The molecule has 2 rings (SSSR count). The van der Waals surface area contributed by atoms with Crippen molar-refractivity contribution in [3.05, 3.63) is 15.6 Å². The first-order chi connectivity index (χ1) is 8.24. The van der Waals surface area contributed by atoms with Crippen molar-refractivity contribution >= 4 is 11.3 Å². The summed E-state index contributed by atoms with van der Waals surface area (Å²) in [5, 5.41) is 4.82. The molecule has 0 aliphatic heterocycles. The SMILES string of the molecule is CCNCc1sc(C2CCC(C)C2)nc1CC. The molecule has 1 N–H and O–H groups in total. The van der Waals surface area contributed by atoms with Crippen LogP contribution in [0.15, 0.2) is 0 Å². The van der Waals surface area contributed by atoms with Gasteiger partial charge in [0.25, 0.3) is 0 Å². The van der Waals surface area contributed by atoms with Crippen LogP contribution in [0, 0.1) is 5.92 Å². The van der Waals surface area contributed by atoms with Crippen molar-refractivity contribution in [2.45, 2.75) is 58.9 Å². The lowest BCUT2D eigenvalue weighted by Crippen LogP contribution is -2.11.